The summed E-state index contributed by atoms with van der Waals surface area (Å²) in [6.45, 7) is 1.50. The quantitative estimate of drug-likeness (QED) is 0.612. The Labute approximate surface area is 147 Å². The maximum atomic E-state index is 13.4. The first-order valence-electron chi connectivity index (χ1n) is 7.57. The number of hydrogen-bond donors (Lipinski definition) is 0. The zero-order valence-corrected chi connectivity index (χ0v) is 14.2. The van der Waals surface area contributed by atoms with E-state index >= 15 is 0 Å². The number of nitrogens with zero attached hydrogens (tertiary/aromatic N) is 3. The molecule has 2 heterocycles. The minimum Gasteiger partial charge on any atom is -0.395 e. The van der Waals surface area contributed by atoms with E-state index in [-0.39, 0.29) is 28.4 Å². The van der Waals surface area contributed by atoms with E-state index in [0.717, 1.165) is 4.68 Å². The Balaban J connectivity index is 2.11. The molecule has 0 saturated carbocycles. The number of aryl methyl sites for hydroxylation is 1. The Morgan fingerprint density at radius 1 is 1.31 bits per heavy atom. The van der Waals surface area contributed by atoms with E-state index in [1.54, 1.807) is 19.0 Å². The van der Waals surface area contributed by atoms with Gasteiger partial charge in [-0.1, -0.05) is 6.07 Å². The molecule has 0 bridgehead atoms. The van der Waals surface area contributed by atoms with Gasteiger partial charge in [0.05, 0.1) is 0 Å². The van der Waals surface area contributed by atoms with E-state index < -0.39 is 17.5 Å². The molecule has 0 saturated heterocycles. The highest BCUT2D eigenvalue weighted by molar-refractivity contribution is 6.02. The van der Waals surface area contributed by atoms with Gasteiger partial charge < -0.3 is 14.4 Å². The molecule has 0 N–H and O–H groups in total. The van der Waals surface area contributed by atoms with Crippen molar-refractivity contribution in [1.82, 2.24) is 14.7 Å². The number of ether oxygens (including phenoxy) is 2. The molecular formula is C17H15F2N3O4. The molecule has 0 radical (unpaired) electrons. The van der Waals surface area contributed by atoms with E-state index in [9.17, 15) is 18.4 Å². The van der Waals surface area contributed by atoms with Gasteiger partial charge in [0.1, 0.15) is 5.69 Å². The van der Waals surface area contributed by atoms with Crippen molar-refractivity contribution in [2.45, 2.75) is 13.2 Å². The molecule has 0 aliphatic carbocycles. The van der Waals surface area contributed by atoms with Crippen molar-refractivity contribution in [1.29, 1.82) is 0 Å². The molecule has 0 amide bonds. The van der Waals surface area contributed by atoms with Crippen molar-refractivity contribution in [3.8, 4) is 17.2 Å². The molecule has 1 aromatic heterocycles. The summed E-state index contributed by atoms with van der Waals surface area (Å²) in [5, 5.41) is 4.01. The molecule has 0 atom stereocenters. The Morgan fingerprint density at radius 2 is 2.04 bits per heavy atom. The smallest absolute Gasteiger partial charge is 0.395 e. The SMILES string of the molecule is Cc1cn(-c2cccc3c2OC(F)(F)O3)nc(C(=O)C=CN(C)C)c1=O. The van der Waals surface area contributed by atoms with Crippen LogP contribution < -0.4 is 14.9 Å². The Kier molecular flexibility index (Phi) is 4.23. The average molecular weight is 363 g/mol. The van der Waals surface area contributed by atoms with Gasteiger partial charge in [-0.15, -0.1) is 8.78 Å². The van der Waals surface area contributed by atoms with Crippen LogP contribution >= 0.6 is 0 Å². The van der Waals surface area contributed by atoms with E-state index in [1.807, 2.05) is 0 Å². The van der Waals surface area contributed by atoms with Crippen molar-refractivity contribution in [3.05, 3.63) is 58.2 Å². The molecule has 0 spiro atoms. The number of allylic oxidation sites excluding steroid dienone is 1. The second kappa shape index (κ2) is 6.25. The molecule has 0 unspecified atom stereocenters. The van der Waals surface area contributed by atoms with E-state index in [4.69, 9.17) is 0 Å². The third kappa shape index (κ3) is 3.28. The van der Waals surface area contributed by atoms with Crippen molar-refractivity contribution in [2.24, 2.45) is 0 Å². The predicted molar refractivity (Wildman–Crippen MR) is 87.9 cm³/mol. The summed E-state index contributed by atoms with van der Waals surface area (Å²) in [6, 6.07) is 4.26. The normalized spacial score (nSPS) is 14.7. The second-order valence-corrected chi connectivity index (χ2v) is 5.85. The third-order valence-corrected chi connectivity index (χ3v) is 3.51. The first-order valence-corrected chi connectivity index (χ1v) is 7.57. The second-order valence-electron chi connectivity index (χ2n) is 5.85. The minimum atomic E-state index is -3.79. The van der Waals surface area contributed by atoms with E-state index in [2.05, 4.69) is 14.6 Å². The van der Waals surface area contributed by atoms with Crippen LogP contribution in [0.3, 0.4) is 0 Å². The predicted octanol–water partition coefficient (Wildman–Crippen LogP) is 2.12. The van der Waals surface area contributed by atoms with Crippen LogP contribution in [0, 0.1) is 6.92 Å². The van der Waals surface area contributed by atoms with Crippen molar-refractivity contribution < 1.29 is 23.0 Å². The summed E-state index contributed by atoms with van der Waals surface area (Å²) in [4.78, 5) is 26.2. The number of hydrogen-bond acceptors (Lipinski definition) is 6. The van der Waals surface area contributed by atoms with Gasteiger partial charge in [0.2, 0.25) is 11.2 Å². The summed E-state index contributed by atoms with van der Waals surface area (Å²) in [7, 11) is 3.44. The van der Waals surface area contributed by atoms with Gasteiger partial charge in [-0.3, -0.25) is 9.59 Å². The van der Waals surface area contributed by atoms with Crippen LogP contribution in [0.25, 0.3) is 5.69 Å². The molecule has 1 aliphatic heterocycles. The lowest BCUT2D eigenvalue weighted by Crippen LogP contribution is -2.26. The Bertz CT molecular complexity index is 967. The fraction of sp³-hybridized carbons (Fsp3) is 0.235. The molecule has 3 rings (SSSR count). The first-order chi connectivity index (χ1) is 12.2. The summed E-state index contributed by atoms with van der Waals surface area (Å²) >= 11 is 0. The molecule has 136 valence electrons. The molecule has 1 aliphatic rings. The molecule has 1 aromatic carbocycles. The number of alkyl halides is 2. The van der Waals surface area contributed by atoms with Gasteiger partial charge in [-0.05, 0) is 19.1 Å². The van der Waals surface area contributed by atoms with Gasteiger partial charge in [0.15, 0.2) is 17.2 Å². The molecule has 0 fully saturated rings. The standard InChI is InChI=1S/C17H15F2N3O4/c1-10-9-22(20-14(15(10)24)12(23)7-8-21(2)3)11-5-4-6-13-16(11)26-17(18,19)25-13/h4-9H,1-3H3. The fourth-order valence-corrected chi connectivity index (χ4v) is 2.33. The molecule has 7 nitrogen and oxygen atoms in total. The number of aromatic nitrogens is 2. The number of carbonyl (C=O) groups is 1. The zero-order valence-electron chi connectivity index (χ0n) is 14.2. The summed E-state index contributed by atoms with van der Waals surface area (Å²) < 4.78 is 36.8. The number of halogens is 2. The highest BCUT2D eigenvalue weighted by Crippen LogP contribution is 2.44. The number of rotatable bonds is 4. The molecule has 2 aromatic rings. The van der Waals surface area contributed by atoms with Crippen LogP contribution in [0.5, 0.6) is 11.5 Å². The number of para-hydroxylation sites is 1. The Hall–Kier alpha value is -3.23. The number of benzene rings is 1. The van der Waals surface area contributed by atoms with E-state index in [0.29, 0.717) is 0 Å². The van der Waals surface area contributed by atoms with Crippen LogP contribution in [0.4, 0.5) is 8.78 Å². The van der Waals surface area contributed by atoms with Crippen LogP contribution in [-0.4, -0.2) is 40.9 Å². The highest BCUT2D eigenvalue weighted by Gasteiger charge is 2.44. The van der Waals surface area contributed by atoms with Crippen molar-refractivity contribution in [3.63, 3.8) is 0 Å². The lowest BCUT2D eigenvalue weighted by Gasteiger charge is -2.11. The maximum Gasteiger partial charge on any atom is 0.586 e. The average Bonchev–Trinajstić information content (AvgIpc) is 2.88. The van der Waals surface area contributed by atoms with Crippen LogP contribution in [-0.2, 0) is 0 Å². The topological polar surface area (TPSA) is 73.7 Å². The van der Waals surface area contributed by atoms with Crippen molar-refractivity contribution in [2.75, 3.05) is 14.1 Å². The number of carbonyl (C=O) groups excluding carboxylic acids is 1. The molecule has 26 heavy (non-hydrogen) atoms. The zero-order chi connectivity index (χ0) is 19.1. The largest absolute Gasteiger partial charge is 0.586 e. The summed E-state index contributed by atoms with van der Waals surface area (Å²) in [5.74, 6) is -0.988. The molecule has 9 heteroatoms. The third-order valence-electron chi connectivity index (χ3n) is 3.51. The van der Waals surface area contributed by atoms with Crippen LogP contribution in [0.1, 0.15) is 16.1 Å². The number of ketones is 1. The minimum absolute atomic E-state index is 0.119. The Morgan fingerprint density at radius 3 is 2.73 bits per heavy atom. The van der Waals surface area contributed by atoms with Gasteiger partial charge >= 0.3 is 6.29 Å². The number of fused-ring (bicyclic) bond motifs is 1. The van der Waals surface area contributed by atoms with Gasteiger partial charge in [0, 0.05) is 38.1 Å². The lowest BCUT2D eigenvalue weighted by molar-refractivity contribution is -0.286. The van der Waals surface area contributed by atoms with Crippen molar-refractivity contribution >= 4 is 5.78 Å². The maximum absolute atomic E-state index is 13.4. The van der Waals surface area contributed by atoms with Crippen LogP contribution in [0.15, 0.2) is 41.5 Å². The van der Waals surface area contributed by atoms with Gasteiger partial charge in [-0.25, -0.2) is 4.68 Å². The molecular weight excluding hydrogens is 348 g/mol. The first kappa shape index (κ1) is 17.6. The van der Waals surface area contributed by atoms with E-state index in [1.165, 1.54) is 43.6 Å². The summed E-state index contributed by atoms with van der Waals surface area (Å²) in [5.41, 5.74) is -0.519. The summed E-state index contributed by atoms with van der Waals surface area (Å²) in [6.07, 6.45) is 0.231. The fourth-order valence-electron chi connectivity index (χ4n) is 2.33. The van der Waals surface area contributed by atoms with Gasteiger partial charge in [0.25, 0.3) is 0 Å². The van der Waals surface area contributed by atoms with Gasteiger partial charge in [-0.2, -0.15) is 5.10 Å². The van der Waals surface area contributed by atoms with Crippen LogP contribution in [0.2, 0.25) is 0 Å². The highest BCUT2D eigenvalue weighted by atomic mass is 19.3. The monoisotopic (exact) mass is 363 g/mol. The lowest BCUT2D eigenvalue weighted by atomic mass is 10.2.